The molecule has 1 aromatic carbocycles. The molecule has 0 N–H and O–H groups in total. The lowest BCUT2D eigenvalue weighted by Crippen LogP contribution is -2.04. The summed E-state index contributed by atoms with van der Waals surface area (Å²) in [7, 11) is -1.48. The fraction of sp³-hybridized carbons (Fsp3) is 0.222. The number of thiol groups is 1. The van der Waals surface area contributed by atoms with Gasteiger partial charge in [-0.25, -0.2) is 13.2 Å². The topological polar surface area (TPSA) is 60.4 Å². The van der Waals surface area contributed by atoms with Crippen molar-refractivity contribution in [1.29, 1.82) is 0 Å². The van der Waals surface area contributed by atoms with E-state index in [1.54, 1.807) is 13.0 Å². The fourth-order valence-corrected chi connectivity index (χ4v) is 2.50. The average molecular weight is 293 g/mol. The summed E-state index contributed by atoms with van der Waals surface area (Å²) in [6.07, 6.45) is 0. The van der Waals surface area contributed by atoms with Gasteiger partial charge >= 0.3 is 5.97 Å². The minimum Gasteiger partial charge on any atom is -0.465 e. The second-order valence-corrected chi connectivity index (χ2v) is 4.72. The van der Waals surface area contributed by atoms with Crippen LogP contribution in [0.4, 0.5) is 0 Å². The third-order valence-electron chi connectivity index (χ3n) is 1.90. The minimum atomic E-state index is -2.73. The van der Waals surface area contributed by atoms with Gasteiger partial charge in [-0.3, -0.25) is 0 Å². The van der Waals surface area contributed by atoms with Crippen LogP contribution in [0.2, 0.25) is 0 Å². The Kier molecular flexibility index (Phi) is 3.87. The van der Waals surface area contributed by atoms with Crippen LogP contribution in [0, 0.1) is 6.92 Å². The van der Waals surface area contributed by atoms with Gasteiger partial charge in [0.2, 0.25) is 0 Å². The Morgan fingerprint density at radius 3 is 2.47 bits per heavy atom. The fourth-order valence-electron chi connectivity index (χ4n) is 1.13. The standard InChI is InChI=1S/C9H9BrO4S/c1-5-3-7(10)8(15(12)13)4-6(5)9(11)14-2/h3-4,15H,1-2H3. The molecule has 82 valence electrons. The molecule has 0 unspecified atom stereocenters. The average Bonchev–Trinajstić information content (AvgIpc) is 2.16. The van der Waals surface area contributed by atoms with Crippen LogP contribution in [-0.4, -0.2) is 21.5 Å². The Balaban J connectivity index is 3.42. The van der Waals surface area contributed by atoms with Crippen molar-refractivity contribution in [3.05, 3.63) is 27.7 Å². The van der Waals surface area contributed by atoms with Crippen LogP contribution in [-0.2, 0) is 15.4 Å². The van der Waals surface area contributed by atoms with E-state index in [0.717, 1.165) is 0 Å². The monoisotopic (exact) mass is 292 g/mol. The molecule has 0 aliphatic rings. The van der Waals surface area contributed by atoms with Gasteiger partial charge in [0.1, 0.15) is 0 Å². The molecule has 0 spiro atoms. The zero-order chi connectivity index (χ0) is 11.6. The van der Waals surface area contributed by atoms with Crippen LogP contribution in [0.5, 0.6) is 0 Å². The van der Waals surface area contributed by atoms with Gasteiger partial charge in [0.05, 0.1) is 17.6 Å². The molecule has 0 aliphatic carbocycles. The highest BCUT2D eigenvalue weighted by Gasteiger charge is 2.13. The molecule has 0 amide bonds. The summed E-state index contributed by atoms with van der Waals surface area (Å²) in [6.45, 7) is 1.71. The number of hydrogen-bond donors (Lipinski definition) is 1. The summed E-state index contributed by atoms with van der Waals surface area (Å²) in [4.78, 5) is 11.4. The minimum absolute atomic E-state index is 0.0796. The maximum absolute atomic E-state index is 11.3. The van der Waals surface area contributed by atoms with Crippen LogP contribution in [0.25, 0.3) is 0 Å². The molecule has 1 aromatic rings. The molecule has 0 aromatic heterocycles. The van der Waals surface area contributed by atoms with E-state index in [0.29, 0.717) is 10.0 Å². The van der Waals surface area contributed by atoms with Crippen molar-refractivity contribution >= 4 is 32.6 Å². The highest BCUT2D eigenvalue weighted by molar-refractivity contribution is 9.10. The number of aryl methyl sites for hydroxylation is 1. The first-order valence-electron chi connectivity index (χ1n) is 4.00. The second-order valence-electron chi connectivity index (χ2n) is 2.87. The number of carbonyl (C=O) groups is 1. The number of ether oxygens (including phenoxy) is 1. The summed E-state index contributed by atoms with van der Waals surface area (Å²) in [5.41, 5.74) is 0.921. The molecule has 15 heavy (non-hydrogen) atoms. The van der Waals surface area contributed by atoms with Gasteiger partial charge in [-0.2, -0.15) is 0 Å². The van der Waals surface area contributed by atoms with Gasteiger partial charge in [-0.05, 0) is 40.5 Å². The van der Waals surface area contributed by atoms with E-state index in [2.05, 4.69) is 20.7 Å². The van der Waals surface area contributed by atoms with Gasteiger partial charge in [-0.1, -0.05) is 0 Å². The Morgan fingerprint density at radius 2 is 2.00 bits per heavy atom. The molecule has 0 radical (unpaired) electrons. The number of carbonyl (C=O) groups excluding carboxylic acids is 1. The van der Waals surface area contributed by atoms with E-state index in [4.69, 9.17) is 0 Å². The third kappa shape index (κ3) is 2.57. The van der Waals surface area contributed by atoms with Gasteiger partial charge in [0.25, 0.3) is 0 Å². The first-order chi connectivity index (χ1) is 6.97. The first kappa shape index (κ1) is 12.2. The molecule has 1 rings (SSSR count). The number of esters is 1. The Labute approximate surface area is 97.3 Å². The molecule has 6 heteroatoms. The molecule has 0 bridgehead atoms. The smallest absolute Gasteiger partial charge is 0.338 e. The summed E-state index contributed by atoms with van der Waals surface area (Å²) >= 11 is 3.12. The van der Waals surface area contributed by atoms with Crippen molar-refractivity contribution in [2.75, 3.05) is 7.11 Å². The summed E-state index contributed by atoms with van der Waals surface area (Å²) < 4.78 is 26.7. The quantitative estimate of drug-likeness (QED) is 0.663. The SMILES string of the molecule is COC(=O)c1cc([SH](=O)=O)c(Br)cc1C. The van der Waals surface area contributed by atoms with E-state index >= 15 is 0 Å². The molecule has 0 aliphatic heterocycles. The zero-order valence-electron chi connectivity index (χ0n) is 8.11. The summed E-state index contributed by atoms with van der Waals surface area (Å²) in [5.74, 6) is -0.543. The maximum Gasteiger partial charge on any atom is 0.338 e. The lowest BCUT2D eigenvalue weighted by molar-refractivity contribution is 0.0599. The normalized spacial score (nSPS) is 10.4. The Bertz CT molecular complexity index is 471. The highest BCUT2D eigenvalue weighted by Crippen LogP contribution is 2.23. The molecular formula is C9H9BrO4S. The van der Waals surface area contributed by atoms with Crippen molar-refractivity contribution in [2.45, 2.75) is 11.8 Å². The molecular weight excluding hydrogens is 284 g/mol. The van der Waals surface area contributed by atoms with E-state index in [-0.39, 0.29) is 10.5 Å². The second kappa shape index (κ2) is 4.76. The lowest BCUT2D eigenvalue weighted by atomic mass is 10.1. The summed E-state index contributed by atoms with van der Waals surface area (Å²) in [5, 5.41) is 0. The van der Waals surface area contributed by atoms with E-state index < -0.39 is 16.7 Å². The molecule has 0 atom stereocenters. The van der Waals surface area contributed by atoms with E-state index in [9.17, 15) is 13.2 Å². The van der Waals surface area contributed by atoms with E-state index in [1.165, 1.54) is 13.2 Å². The van der Waals surface area contributed by atoms with Crippen LogP contribution in [0.3, 0.4) is 0 Å². The summed E-state index contributed by atoms with van der Waals surface area (Å²) in [6, 6.07) is 2.88. The zero-order valence-corrected chi connectivity index (χ0v) is 10.6. The lowest BCUT2D eigenvalue weighted by Gasteiger charge is -2.05. The van der Waals surface area contributed by atoms with Gasteiger partial charge in [0.15, 0.2) is 10.7 Å². The Morgan fingerprint density at radius 1 is 1.40 bits per heavy atom. The van der Waals surface area contributed by atoms with Crippen LogP contribution in [0.15, 0.2) is 21.5 Å². The van der Waals surface area contributed by atoms with Crippen molar-refractivity contribution in [3.8, 4) is 0 Å². The molecule has 0 fully saturated rings. The number of halogens is 1. The van der Waals surface area contributed by atoms with Crippen LogP contribution >= 0.6 is 15.9 Å². The molecule has 0 heterocycles. The van der Waals surface area contributed by atoms with Crippen LogP contribution < -0.4 is 0 Å². The third-order valence-corrected chi connectivity index (χ3v) is 3.62. The largest absolute Gasteiger partial charge is 0.465 e. The maximum atomic E-state index is 11.3. The number of rotatable bonds is 2. The molecule has 4 nitrogen and oxygen atoms in total. The van der Waals surface area contributed by atoms with Crippen molar-refractivity contribution in [3.63, 3.8) is 0 Å². The van der Waals surface area contributed by atoms with Gasteiger partial charge in [-0.15, -0.1) is 0 Å². The highest BCUT2D eigenvalue weighted by atomic mass is 79.9. The number of methoxy groups -OCH3 is 1. The van der Waals surface area contributed by atoms with Crippen molar-refractivity contribution in [1.82, 2.24) is 0 Å². The number of hydrogen-bond acceptors (Lipinski definition) is 4. The number of benzene rings is 1. The first-order valence-corrected chi connectivity index (χ1v) is 5.97. The van der Waals surface area contributed by atoms with Crippen molar-refractivity contribution < 1.29 is 17.9 Å². The van der Waals surface area contributed by atoms with Crippen LogP contribution in [0.1, 0.15) is 15.9 Å². The molecule has 0 saturated carbocycles. The predicted octanol–water partition coefficient (Wildman–Crippen LogP) is 1.51. The van der Waals surface area contributed by atoms with Crippen molar-refractivity contribution in [2.24, 2.45) is 0 Å². The van der Waals surface area contributed by atoms with Gasteiger partial charge in [0, 0.05) is 4.47 Å². The Hall–Kier alpha value is -0.880. The van der Waals surface area contributed by atoms with E-state index in [1.807, 2.05) is 0 Å². The predicted molar refractivity (Wildman–Crippen MR) is 58.8 cm³/mol. The van der Waals surface area contributed by atoms with Gasteiger partial charge < -0.3 is 4.74 Å². The molecule has 0 saturated heterocycles.